The van der Waals surface area contributed by atoms with Gasteiger partial charge in [0.15, 0.2) is 0 Å². The zero-order valence-corrected chi connectivity index (χ0v) is 8.87. The molecule has 1 aromatic rings. The lowest BCUT2D eigenvalue weighted by molar-refractivity contribution is -0.168. The molecule has 2 N–H and O–H groups in total. The summed E-state index contributed by atoms with van der Waals surface area (Å²) in [7, 11) is 0. The molecule has 0 spiro atoms. The van der Waals surface area contributed by atoms with Crippen LogP contribution in [-0.2, 0) is 4.74 Å². The fourth-order valence-corrected chi connectivity index (χ4v) is 1.60. The third kappa shape index (κ3) is 4.71. The predicted molar refractivity (Wildman–Crippen MR) is 53.5 cm³/mol. The lowest BCUT2D eigenvalue weighted by atomic mass is 10.3. The molecule has 1 aromatic carbocycles. The van der Waals surface area contributed by atoms with Crippen LogP contribution in [0.1, 0.15) is 0 Å². The Morgan fingerprint density at radius 1 is 1.31 bits per heavy atom. The molecule has 0 saturated heterocycles. The molecule has 0 aliphatic carbocycles. The number of anilines is 1. The molecule has 90 valence electrons. The van der Waals surface area contributed by atoms with E-state index in [2.05, 4.69) is 4.74 Å². The van der Waals surface area contributed by atoms with Gasteiger partial charge in [-0.25, -0.2) is 4.39 Å². The number of rotatable bonds is 4. The van der Waals surface area contributed by atoms with E-state index in [1.807, 2.05) is 0 Å². The van der Waals surface area contributed by atoms with Crippen LogP contribution >= 0.6 is 11.8 Å². The first-order valence-electron chi connectivity index (χ1n) is 4.21. The summed E-state index contributed by atoms with van der Waals surface area (Å²) in [6.07, 6.45) is -4.34. The molecule has 1 rings (SSSR count). The molecule has 0 bridgehead atoms. The zero-order chi connectivity index (χ0) is 12.2. The Morgan fingerprint density at radius 3 is 2.56 bits per heavy atom. The first-order chi connectivity index (χ1) is 7.38. The van der Waals surface area contributed by atoms with Gasteiger partial charge >= 0.3 is 6.18 Å². The molecule has 2 nitrogen and oxygen atoms in total. The molecule has 0 fully saturated rings. The van der Waals surface area contributed by atoms with Gasteiger partial charge in [-0.1, -0.05) is 11.8 Å². The van der Waals surface area contributed by atoms with E-state index in [4.69, 9.17) is 5.73 Å². The van der Waals surface area contributed by atoms with E-state index in [0.29, 0.717) is 4.90 Å². The highest BCUT2D eigenvalue weighted by Gasteiger charge is 2.27. The summed E-state index contributed by atoms with van der Waals surface area (Å²) >= 11 is 0.983. The maximum Gasteiger partial charge on any atom is 0.411 e. The highest BCUT2D eigenvalue weighted by molar-refractivity contribution is 7.99. The van der Waals surface area contributed by atoms with Gasteiger partial charge in [0.25, 0.3) is 0 Å². The summed E-state index contributed by atoms with van der Waals surface area (Å²) < 4.78 is 52.1. The van der Waals surface area contributed by atoms with Crippen LogP contribution in [0, 0.1) is 5.82 Å². The van der Waals surface area contributed by atoms with Crippen LogP contribution in [0.2, 0.25) is 0 Å². The summed E-state index contributed by atoms with van der Waals surface area (Å²) in [5.74, 6) is -0.673. The molecular weight excluding hydrogens is 246 g/mol. The summed E-state index contributed by atoms with van der Waals surface area (Å²) in [5, 5.41) is 0. The van der Waals surface area contributed by atoms with Gasteiger partial charge in [0, 0.05) is 10.6 Å². The number of nitrogen functional groups attached to an aromatic ring is 1. The van der Waals surface area contributed by atoms with E-state index < -0.39 is 18.6 Å². The molecular formula is C9H9F4NOS. The maximum absolute atomic E-state index is 12.6. The van der Waals surface area contributed by atoms with Crippen LogP contribution in [0.15, 0.2) is 23.1 Å². The van der Waals surface area contributed by atoms with Gasteiger partial charge in [-0.3, -0.25) is 0 Å². The van der Waals surface area contributed by atoms with Crippen molar-refractivity contribution in [2.45, 2.75) is 11.1 Å². The number of ether oxygens (including phenoxy) is 1. The number of thioether (sulfide) groups is 1. The Balaban J connectivity index is 2.38. The molecule has 0 atom stereocenters. The Hall–Kier alpha value is -0.950. The Kier molecular flexibility index (Phi) is 4.43. The second-order valence-electron chi connectivity index (χ2n) is 2.91. The monoisotopic (exact) mass is 255 g/mol. The third-order valence-corrected chi connectivity index (χ3v) is 2.50. The van der Waals surface area contributed by atoms with Crippen molar-refractivity contribution in [3.8, 4) is 0 Å². The molecule has 0 heterocycles. The average Bonchev–Trinajstić information content (AvgIpc) is 2.13. The van der Waals surface area contributed by atoms with E-state index in [9.17, 15) is 17.6 Å². The summed E-state index contributed by atoms with van der Waals surface area (Å²) in [6, 6.07) is 3.68. The molecule has 0 unspecified atom stereocenters. The number of hydrogen-bond acceptors (Lipinski definition) is 3. The molecule has 0 aliphatic heterocycles. The van der Waals surface area contributed by atoms with Crippen molar-refractivity contribution in [1.82, 2.24) is 0 Å². The molecule has 0 aromatic heterocycles. The smallest absolute Gasteiger partial charge is 0.398 e. The molecule has 0 amide bonds. The van der Waals surface area contributed by atoms with Gasteiger partial charge in [-0.15, -0.1) is 0 Å². The minimum Gasteiger partial charge on any atom is -0.398 e. The Morgan fingerprint density at radius 2 is 2.00 bits per heavy atom. The SMILES string of the molecule is Nc1cc(F)ccc1SCOCC(F)(F)F. The third-order valence-electron chi connectivity index (χ3n) is 1.54. The van der Waals surface area contributed by atoms with Crippen LogP contribution in [0.3, 0.4) is 0 Å². The van der Waals surface area contributed by atoms with Crippen LogP contribution in [0.5, 0.6) is 0 Å². The van der Waals surface area contributed by atoms with Crippen molar-refractivity contribution in [3.63, 3.8) is 0 Å². The fourth-order valence-electron chi connectivity index (χ4n) is 0.913. The van der Waals surface area contributed by atoms with Crippen molar-refractivity contribution in [3.05, 3.63) is 24.0 Å². The number of benzene rings is 1. The maximum atomic E-state index is 12.6. The van der Waals surface area contributed by atoms with Crippen LogP contribution in [0.25, 0.3) is 0 Å². The average molecular weight is 255 g/mol. The first-order valence-corrected chi connectivity index (χ1v) is 5.19. The lowest BCUT2D eigenvalue weighted by Crippen LogP contribution is -2.16. The van der Waals surface area contributed by atoms with E-state index in [0.717, 1.165) is 17.8 Å². The lowest BCUT2D eigenvalue weighted by Gasteiger charge is -2.08. The largest absolute Gasteiger partial charge is 0.411 e. The topological polar surface area (TPSA) is 35.2 Å². The van der Waals surface area contributed by atoms with Crippen LogP contribution < -0.4 is 5.73 Å². The molecule has 16 heavy (non-hydrogen) atoms. The number of alkyl halides is 3. The second-order valence-corrected chi connectivity index (χ2v) is 3.87. The minimum absolute atomic E-state index is 0.181. The van der Waals surface area contributed by atoms with E-state index in [1.165, 1.54) is 12.1 Å². The van der Waals surface area contributed by atoms with E-state index in [-0.39, 0.29) is 11.6 Å². The van der Waals surface area contributed by atoms with Gasteiger partial charge in [-0.05, 0) is 18.2 Å². The normalized spacial score (nSPS) is 11.8. The van der Waals surface area contributed by atoms with E-state index in [1.54, 1.807) is 0 Å². The van der Waals surface area contributed by atoms with Crippen molar-refractivity contribution in [2.75, 3.05) is 18.3 Å². The zero-order valence-electron chi connectivity index (χ0n) is 8.05. The molecule has 0 radical (unpaired) electrons. The Bertz CT molecular complexity index is 356. The number of halogens is 4. The number of nitrogens with two attached hydrogens (primary N) is 1. The van der Waals surface area contributed by atoms with Gasteiger partial charge in [-0.2, -0.15) is 13.2 Å². The highest BCUT2D eigenvalue weighted by atomic mass is 32.2. The van der Waals surface area contributed by atoms with Crippen LogP contribution in [0.4, 0.5) is 23.2 Å². The van der Waals surface area contributed by atoms with Gasteiger partial charge in [0.05, 0.1) is 5.94 Å². The minimum atomic E-state index is -4.34. The second kappa shape index (κ2) is 5.40. The predicted octanol–water partition coefficient (Wildman–Crippen LogP) is 3.04. The van der Waals surface area contributed by atoms with Crippen molar-refractivity contribution < 1.29 is 22.3 Å². The number of hydrogen-bond donors (Lipinski definition) is 1. The molecule has 7 heteroatoms. The first kappa shape index (κ1) is 13.1. The summed E-state index contributed by atoms with van der Waals surface area (Å²) in [4.78, 5) is 0.489. The van der Waals surface area contributed by atoms with Gasteiger partial charge in [0.2, 0.25) is 0 Å². The van der Waals surface area contributed by atoms with E-state index >= 15 is 0 Å². The summed E-state index contributed by atoms with van der Waals surface area (Å²) in [6.45, 7) is -1.30. The van der Waals surface area contributed by atoms with Crippen LogP contribution in [-0.4, -0.2) is 18.7 Å². The summed E-state index contributed by atoms with van der Waals surface area (Å²) in [5.41, 5.74) is 5.63. The molecule has 0 saturated carbocycles. The quantitative estimate of drug-likeness (QED) is 0.295. The van der Waals surface area contributed by atoms with Gasteiger partial charge < -0.3 is 10.5 Å². The van der Waals surface area contributed by atoms with Crippen molar-refractivity contribution in [1.29, 1.82) is 0 Å². The molecule has 0 aliphatic rings. The fraction of sp³-hybridized carbons (Fsp3) is 0.333. The van der Waals surface area contributed by atoms with Crippen molar-refractivity contribution >= 4 is 17.4 Å². The van der Waals surface area contributed by atoms with Gasteiger partial charge in [0.1, 0.15) is 12.4 Å². The standard InChI is InChI=1S/C9H9F4NOS/c10-6-1-2-8(7(14)3-6)16-5-15-4-9(11,12)13/h1-3H,4-5,14H2. The Labute approximate surface area is 93.8 Å². The highest BCUT2D eigenvalue weighted by Crippen LogP contribution is 2.26. The van der Waals surface area contributed by atoms with Crippen molar-refractivity contribution in [2.24, 2.45) is 0 Å².